The van der Waals surface area contributed by atoms with Gasteiger partial charge in [0.25, 0.3) is 0 Å². The number of rotatable bonds is 7. The number of nitrogens with one attached hydrogen (secondary N) is 1. The lowest BCUT2D eigenvalue weighted by Gasteiger charge is -2.39. The maximum atomic E-state index is 12.8. The van der Waals surface area contributed by atoms with Crippen LogP contribution in [0.25, 0.3) is 16.6 Å². The molecule has 0 unspecified atom stereocenters. The Hall–Kier alpha value is -3.87. The zero-order valence-electron chi connectivity index (χ0n) is 19.1. The first kappa shape index (κ1) is 20.7. The summed E-state index contributed by atoms with van der Waals surface area (Å²) in [4.78, 5) is 19.4. The minimum Gasteiger partial charge on any atom is -0.490 e. The van der Waals surface area contributed by atoms with Crippen LogP contribution in [0.4, 0.5) is 5.82 Å². The number of carbonyl (C=O) groups is 1. The van der Waals surface area contributed by atoms with Gasteiger partial charge in [-0.15, -0.1) is 0 Å². The van der Waals surface area contributed by atoms with Crippen molar-refractivity contribution in [3.63, 3.8) is 0 Å². The Balaban J connectivity index is 1.14. The van der Waals surface area contributed by atoms with Gasteiger partial charge in [-0.3, -0.25) is 4.79 Å². The van der Waals surface area contributed by atoms with Gasteiger partial charge in [0.1, 0.15) is 17.6 Å². The molecular weight excluding hydrogens is 426 g/mol. The van der Waals surface area contributed by atoms with Crippen molar-refractivity contribution in [3.05, 3.63) is 78.8 Å². The van der Waals surface area contributed by atoms with Gasteiger partial charge in [0, 0.05) is 24.8 Å². The zero-order chi connectivity index (χ0) is 23.1. The Bertz CT molecular complexity index is 1310. The van der Waals surface area contributed by atoms with Crippen LogP contribution < -0.4 is 15.0 Å². The highest BCUT2D eigenvalue weighted by Crippen LogP contribution is 2.32. The molecule has 1 aliphatic carbocycles. The van der Waals surface area contributed by atoms with Crippen LogP contribution in [0.1, 0.15) is 31.4 Å². The SMILES string of the molecule is C[C@H](NC(=O)C1CN(c2ncnn3cc(-c4ccc(OC5CC5)cc4)cc23)C1)c1ccccc1. The first-order valence-corrected chi connectivity index (χ1v) is 11.8. The maximum Gasteiger partial charge on any atom is 0.227 e. The average Bonchev–Trinajstić information content (AvgIpc) is 3.53. The maximum absolute atomic E-state index is 12.8. The summed E-state index contributed by atoms with van der Waals surface area (Å²) in [7, 11) is 0. The first-order chi connectivity index (χ1) is 16.6. The summed E-state index contributed by atoms with van der Waals surface area (Å²) in [5, 5.41) is 7.54. The van der Waals surface area contributed by atoms with E-state index in [1.165, 1.54) is 0 Å². The minimum atomic E-state index is -0.0466. The summed E-state index contributed by atoms with van der Waals surface area (Å²) < 4.78 is 7.72. The number of aromatic nitrogens is 3. The van der Waals surface area contributed by atoms with E-state index in [9.17, 15) is 4.79 Å². The largest absolute Gasteiger partial charge is 0.490 e. The Morgan fingerprint density at radius 3 is 2.56 bits per heavy atom. The second kappa shape index (κ2) is 8.48. The molecule has 0 radical (unpaired) electrons. The summed E-state index contributed by atoms with van der Waals surface area (Å²) in [6.45, 7) is 3.31. The van der Waals surface area contributed by atoms with Crippen molar-refractivity contribution in [1.82, 2.24) is 19.9 Å². The summed E-state index contributed by atoms with van der Waals surface area (Å²) in [5.41, 5.74) is 4.23. The highest BCUT2D eigenvalue weighted by atomic mass is 16.5. The van der Waals surface area contributed by atoms with E-state index in [4.69, 9.17) is 4.74 Å². The lowest BCUT2D eigenvalue weighted by molar-refractivity contribution is -0.126. The van der Waals surface area contributed by atoms with Crippen LogP contribution in [0.3, 0.4) is 0 Å². The van der Waals surface area contributed by atoms with Crippen LogP contribution in [0.5, 0.6) is 5.75 Å². The highest BCUT2D eigenvalue weighted by molar-refractivity contribution is 5.84. The van der Waals surface area contributed by atoms with E-state index < -0.39 is 0 Å². The molecule has 0 spiro atoms. The molecule has 4 aromatic rings. The number of ether oxygens (including phenoxy) is 1. The summed E-state index contributed by atoms with van der Waals surface area (Å²) in [6.07, 6.45) is 6.29. The summed E-state index contributed by atoms with van der Waals surface area (Å²) in [5.74, 6) is 1.81. The minimum absolute atomic E-state index is 0.0113. The molecule has 0 bridgehead atoms. The zero-order valence-corrected chi connectivity index (χ0v) is 19.1. The van der Waals surface area contributed by atoms with Crippen LogP contribution in [0.2, 0.25) is 0 Å². The lowest BCUT2D eigenvalue weighted by Crippen LogP contribution is -2.54. The fraction of sp³-hybridized carbons (Fsp3) is 0.296. The van der Waals surface area contributed by atoms with Crippen molar-refractivity contribution >= 4 is 17.2 Å². The monoisotopic (exact) mass is 453 g/mol. The van der Waals surface area contributed by atoms with E-state index in [-0.39, 0.29) is 17.9 Å². The van der Waals surface area contributed by atoms with Gasteiger partial charge in [-0.1, -0.05) is 42.5 Å². The number of carbonyl (C=O) groups excluding carboxylic acids is 1. The molecule has 6 rings (SSSR count). The van der Waals surface area contributed by atoms with Gasteiger partial charge in [0.05, 0.1) is 18.1 Å². The van der Waals surface area contributed by atoms with Crippen LogP contribution in [-0.2, 0) is 4.79 Å². The molecule has 2 aromatic heterocycles. The van der Waals surface area contributed by atoms with Crippen molar-refractivity contribution in [3.8, 4) is 16.9 Å². The normalized spacial score (nSPS) is 16.8. The third kappa shape index (κ3) is 4.09. The number of amides is 1. The van der Waals surface area contributed by atoms with Gasteiger partial charge >= 0.3 is 0 Å². The van der Waals surface area contributed by atoms with Crippen LogP contribution in [-0.4, -0.2) is 39.7 Å². The number of nitrogens with zero attached hydrogens (tertiary/aromatic N) is 4. The molecular formula is C27H27N5O2. The van der Waals surface area contributed by atoms with E-state index >= 15 is 0 Å². The van der Waals surface area contributed by atoms with Crippen molar-refractivity contribution in [2.75, 3.05) is 18.0 Å². The van der Waals surface area contributed by atoms with E-state index in [0.29, 0.717) is 19.2 Å². The molecule has 1 saturated carbocycles. The standard InChI is InChI=1S/C27H27N5O2/c1-18(19-5-3-2-4-6-19)30-27(33)22-14-31(15-22)26-25-13-21(16-32(25)29-17-28-26)20-7-9-23(10-8-20)34-24-11-12-24/h2-10,13,16-18,22,24H,11-12,14-15H2,1H3,(H,30,33)/t18-/m0/s1. The van der Waals surface area contributed by atoms with Crippen LogP contribution >= 0.6 is 0 Å². The number of hydrogen-bond acceptors (Lipinski definition) is 5. The van der Waals surface area contributed by atoms with Crippen LogP contribution in [0.15, 0.2) is 73.2 Å². The number of fused-ring (bicyclic) bond motifs is 1. The van der Waals surface area contributed by atoms with Crippen molar-refractivity contribution in [2.45, 2.75) is 31.9 Å². The fourth-order valence-corrected chi connectivity index (χ4v) is 4.40. The topological polar surface area (TPSA) is 71.8 Å². The predicted octanol–water partition coefficient (Wildman–Crippen LogP) is 4.25. The molecule has 172 valence electrons. The summed E-state index contributed by atoms with van der Waals surface area (Å²) in [6, 6.07) is 20.3. The van der Waals surface area contributed by atoms with E-state index in [1.54, 1.807) is 6.33 Å². The molecule has 7 nitrogen and oxygen atoms in total. The second-order valence-corrected chi connectivity index (χ2v) is 9.23. The van der Waals surface area contributed by atoms with E-state index in [0.717, 1.165) is 46.6 Å². The van der Waals surface area contributed by atoms with Crippen molar-refractivity contribution in [1.29, 1.82) is 0 Å². The fourth-order valence-electron chi connectivity index (χ4n) is 4.40. The molecule has 7 heteroatoms. The third-order valence-corrected chi connectivity index (χ3v) is 6.61. The molecule has 3 heterocycles. The predicted molar refractivity (Wildman–Crippen MR) is 131 cm³/mol. The van der Waals surface area contributed by atoms with E-state index in [2.05, 4.69) is 38.5 Å². The van der Waals surface area contributed by atoms with Gasteiger partial charge in [-0.05, 0) is 49.1 Å². The molecule has 1 atom stereocenters. The first-order valence-electron chi connectivity index (χ1n) is 11.8. The highest BCUT2D eigenvalue weighted by Gasteiger charge is 2.35. The smallest absolute Gasteiger partial charge is 0.227 e. The second-order valence-electron chi connectivity index (χ2n) is 9.23. The van der Waals surface area contributed by atoms with Crippen molar-refractivity contribution in [2.24, 2.45) is 5.92 Å². The molecule has 1 N–H and O–H groups in total. The Labute approximate surface area is 198 Å². The Morgan fingerprint density at radius 2 is 1.82 bits per heavy atom. The Kier molecular flexibility index (Phi) is 5.17. The quantitative estimate of drug-likeness (QED) is 0.453. The van der Waals surface area contributed by atoms with Gasteiger partial charge in [-0.2, -0.15) is 5.10 Å². The molecule has 1 aliphatic heterocycles. The van der Waals surface area contributed by atoms with Crippen molar-refractivity contribution < 1.29 is 9.53 Å². The molecule has 1 amide bonds. The van der Waals surface area contributed by atoms with Gasteiger partial charge in [-0.25, -0.2) is 9.50 Å². The number of anilines is 1. The van der Waals surface area contributed by atoms with Gasteiger partial charge in [0.15, 0.2) is 5.82 Å². The third-order valence-electron chi connectivity index (χ3n) is 6.61. The average molecular weight is 454 g/mol. The molecule has 2 aliphatic rings. The van der Waals surface area contributed by atoms with Crippen LogP contribution in [0, 0.1) is 5.92 Å². The summed E-state index contributed by atoms with van der Waals surface area (Å²) >= 11 is 0. The number of benzene rings is 2. The Morgan fingerprint density at radius 1 is 1.06 bits per heavy atom. The molecule has 2 fully saturated rings. The lowest BCUT2D eigenvalue weighted by atomic mass is 9.98. The molecule has 1 saturated heterocycles. The molecule has 2 aromatic carbocycles. The van der Waals surface area contributed by atoms with E-state index in [1.807, 2.05) is 60.1 Å². The number of hydrogen-bond donors (Lipinski definition) is 1. The van der Waals surface area contributed by atoms with Gasteiger partial charge in [0.2, 0.25) is 5.91 Å². The van der Waals surface area contributed by atoms with Gasteiger partial charge < -0.3 is 15.0 Å². The molecule has 34 heavy (non-hydrogen) atoms.